The molecule has 1 aliphatic rings. The third-order valence-corrected chi connectivity index (χ3v) is 4.46. The lowest BCUT2D eigenvalue weighted by Gasteiger charge is -2.17. The Morgan fingerprint density at radius 3 is 1.89 bits per heavy atom. The Bertz CT molecular complexity index is 1070. The number of phenolic OH excluding ortho intramolecular Hbond substituents is 1. The van der Waals surface area contributed by atoms with Crippen LogP contribution in [0, 0.1) is 10.1 Å². The molecule has 0 amide bonds. The van der Waals surface area contributed by atoms with Crippen LogP contribution in [0.5, 0.6) is 5.75 Å². The van der Waals surface area contributed by atoms with Crippen molar-refractivity contribution < 1.29 is 19.6 Å². The molecule has 1 aliphatic carbocycles. The second-order valence-corrected chi connectivity index (χ2v) is 6.21. The van der Waals surface area contributed by atoms with Gasteiger partial charge >= 0.3 is 0 Å². The van der Waals surface area contributed by atoms with Gasteiger partial charge in [0.05, 0.1) is 4.92 Å². The Kier molecular flexibility index (Phi) is 5.31. The van der Waals surface area contributed by atoms with Crippen LogP contribution in [-0.2, 0) is 6.42 Å². The summed E-state index contributed by atoms with van der Waals surface area (Å²) in [5, 5.41) is 18.8. The number of phenols is 1. The number of aromatic hydroxyl groups is 1. The molecule has 3 aromatic carbocycles. The Balaban J connectivity index is 0.000000192. The highest BCUT2D eigenvalue weighted by molar-refractivity contribution is 6.28. The molecule has 1 N–H and O–H groups in total. The van der Waals surface area contributed by atoms with Gasteiger partial charge in [-0.3, -0.25) is 19.7 Å². The summed E-state index contributed by atoms with van der Waals surface area (Å²) in [4.78, 5) is 34.2. The van der Waals surface area contributed by atoms with Crippen molar-refractivity contribution >= 4 is 17.3 Å². The van der Waals surface area contributed by atoms with Gasteiger partial charge in [-0.1, -0.05) is 43.3 Å². The molecule has 4 rings (SSSR count). The average Bonchev–Trinajstić information content (AvgIpc) is 2.72. The SMILES string of the molecule is CCc1ccc2c(c1)C(=O)c1ccccc1C2=O.O=[N+]([O-])c1ccc(O)cc1. The summed E-state index contributed by atoms with van der Waals surface area (Å²) in [6.45, 7) is 2.03. The van der Waals surface area contributed by atoms with E-state index in [1.54, 1.807) is 30.3 Å². The van der Waals surface area contributed by atoms with Crippen molar-refractivity contribution in [2.24, 2.45) is 0 Å². The number of nitro groups is 1. The van der Waals surface area contributed by atoms with Crippen LogP contribution in [0.15, 0.2) is 66.7 Å². The number of aryl methyl sites for hydroxylation is 1. The molecule has 6 heteroatoms. The predicted molar refractivity (Wildman–Crippen MR) is 104 cm³/mol. The van der Waals surface area contributed by atoms with E-state index in [0.717, 1.165) is 12.0 Å². The fourth-order valence-electron chi connectivity index (χ4n) is 2.94. The van der Waals surface area contributed by atoms with E-state index in [1.165, 1.54) is 24.3 Å². The first-order valence-electron chi connectivity index (χ1n) is 8.67. The molecule has 0 aromatic heterocycles. The van der Waals surface area contributed by atoms with Gasteiger partial charge in [0.15, 0.2) is 11.6 Å². The van der Waals surface area contributed by atoms with Crippen molar-refractivity contribution in [2.45, 2.75) is 13.3 Å². The second kappa shape index (κ2) is 7.84. The summed E-state index contributed by atoms with van der Waals surface area (Å²) in [5.74, 6) is -0.0658. The standard InChI is InChI=1S/C16H12O2.C6H5NO3/c1-2-10-7-8-13-14(9-10)16(18)12-6-4-3-5-11(12)15(13)17;8-6-3-1-5(2-4-6)7(9)10/h3-9H,2H2,1H3;1-4,8H. The molecule has 0 bridgehead atoms. The smallest absolute Gasteiger partial charge is 0.269 e. The van der Waals surface area contributed by atoms with Crippen LogP contribution >= 0.6 is 0 Å². The summed E-state index contributed by atoms with van der Waals surface area (Å²) in [7, 11) is 0. The molecule has 0 fully saturated rings. The molecule has 0 aliphatic heterocycles. The Morgan fingerprint density at radius 2 is 1.36 bits per heavy atom. The third kappa shape index (κ3) is 3.66. The molecule has 0 heterocycles. The molecule has 28 heavy (non-hydrogen) atoms. The number of carbonyl (C=O) groups excluding carboxylic acids is 2. The topological polar surface area (TPSA) is 97.5 Å². The van der Waals surface area contributed by atoms with E-state index in [2.05, 4.69) is 0 Å². The van der Waals surface area contributed by atoms with Crippen LogP contribution in [0.2, 0.25) is 0 Å². The van der Waals surface area contributed by atoms with Crippen molar-refractivity contribution in [1.82, 2.24) is 0 Å². The third-order valence-electron chi connectivity index (χ3n) is 4.46. The maximum Gasteiger partial charge on any atom is 0.269 e. The van der Waals surface area contributed by atoms with Gasteiger partial charge in [0.2, 0.25) is 0 Å². The number of nitrogens with zero attached hydrogens (tertiary/aromatic N) is 1. The maximum absolute atomic E-state index is 12.4. The monoisotopic (exact) mass is 375 g/mol. The minimum atomic E-state index is -0.514. The molecule has 3 aromatic rings. The normalized spacial score (nSPS) is 11.8. The van der Waals surface area contributed by atoms with Crippen molar-refractivity contribution in [3.63, 3.8) is 0 Å². The fraction of sp³-hybridized carbons (Fsp3) is 0.0909. The Hall–Kier alpha value is -3.80. The fourth-order valence-corrected chi connectivity index (χ4v) is 2.94. The number of fused-ring (bicyclic) bond motifs is 2. The van der Waals surface area contributed by atoms with Crippen molar-refractivity contribution in [1.29, 1.82) is 0 Å². The molecular weight excluding hydrogens is 358 g/mol. The Labute approximate surface area is 161 Å². The highest BCUT2D eigenvalue weighted by Gasteiger charge is 2.28. The molecule has 140 valence electrons. The molecule has 0 saturated heterocycles. The van der Waals surface area contributed by atoms with Crippen LogP contribution in [0.4, 0.5) is 5.69 Å². The largest absolute Gasteiger partial charge is 0.508 e. The van der Waals surface area contributed by atoms with Gasteiger partial charge in [-0.2, -0.15) is 0 Å². The van der Waals surface area contributed by atoms with E-state index in [1.807, 2.05) is 19.1 Å². The van der Waals surface area contributed by atoms with Crippen molar-refractivity contribution in [3.8, 4) is 5.75 Å². The number of benzene rings is 3. The lowest BCUT2D eigenvalue weighted by atomic mass is 9.83. The van der Waals surface area contributed by atoms with E-state index in [4.69, 9.17) is 5.11 Å². The van der Waals surface area contributed by atoms with E-state index in [0.29, 0.717) is 22.3 Å². The van der Waals surface area contributed by atoms with Gasteiger partial charge in [-0.15, -0.1) is 0 Å². The number of hydrogen-bond donors (Lipinski definition) is 1. The second-order valence-electron chi connectivity index (χ2n) is 6.21. The van der Waals surface area contributed by atoms with Gasteiger partial charge < -0.3 is 5.11 Å². The minimum Gasteiger partial charge on any atom is -0.508 e. The number of nitro benzene ring substituents is 1. The number of carbonyl (C=O) groups is 2. The maximum atomic E-state index is 12.4. The van der Waals surface area contributed by atoms with Crippen LogP contribution in [0.1, 0.15) is 44.3 Å². The van der Waals surface area contributed by atoms with Gasteiger partial charge in [0, 0.05) is 34.4 Å². The number of non-ortho nitro benzene ring substituents is 1. The average molecular weight is 375 g/mol. The number of hydrogen-bond acceptors (Lipinski definition) is 5. The molecule has 0 spiro atoms. The van der Waals surface area contributed by atoms with E-state index < -0.39 is 4.92 Å². The summed E-state index contributed by atoms with van der Waals surface area (Å²) in [6.07, 6.45) is 0.858. The highest BCUT2D eigenvalue weighted by Crippen LogP contribution is 2.27. The van der Waals surface area contributed by atoms with E-state index in [9.17, 15) is 19.7 Å². The van der Waals surface area contributed by atoms with Crippen molar-refractivity contribution in [3.05, 3.63) is 105 Å². The molecular formula is C22H17NO5. The van der Waals surface area contributed by atoms with E-state index >= 15 is 0 Å². The molecule has 0 unspecified atom stereocenters. The van der Waals surface area contributed by atoms with Crippen LogP contribution in [0.3, 0.4) is 0 Å². The minimum absolute atomic E-state index is 0.0159. The van der Waals surface area contributed by atoms with Gasteiger partial charge in [-0.25, -0.2) is 0 Å². The van der Waals surface area contributed by atoms with Crippen molar-refractivity contribution in [2.75, 3.05) is 0 Å². The lowest BCUT2D eigenvalue weighted by molar-refractivity contribution is -0.384. The van der Waals surface area contributed by atoms with Gasteiger partial charge in [0.1, 0.15) is 5.75 Å². The van der Waals surface area contributed by atoms with Crippen LogP contribution in [0.25, 0.3) is 0 Å². The highest BCUT2D eigenvalue weighted by atomic mass is 16.6. The number of rotatable bonds is 2. The first-order valence-corrected chi connectivity index (χ1v) is 8.67. The summed E-state index contributed by atoms with van der Waals surface area (Å²) in [6, 6.07) is 17.6. The first-order chi connectivity index (χ1) is 13.4. The zero-order valence-corrected chi connectivity index (χ0v) is 15.1. The summed E-state index contributed by atoms with van der Waals surface area (Å²) >= 11 is 0. The molecule has 0 saturated carbocycles. The quantitative estimate of drug-likeness (QED) is 0.415. The lowest BCUT2D eigenvalue weighted by Crippen LogP contribution is -2.20. The Morgan fingerprint density at radius 1 is 0.821 bits per heavy atom. The number of ketones is 2. The molecule has 6 nitrogen and oxygen atoms in total. The molecule has 0 radical (unpaired) electrons. The summed E-state index contributed by atoms with van der Waals surface area (Å²) < 4.78 is 0. The first kappa shape index (κ1) is 19.0. The summed E-state index contributed by atoms with van der Waals surface area (Å²) in [5.41, 5.74) is 3.16. The van der Waals surface area contributed by atoms with E-state index in [-0.39, 0.29) is 23.0 Å². The zero-order chi connectivity index (χ0) is 20.3. The van der Waals surface area contributed by atoms with Crippen LogP contribution in [-0.4, -0.2) is 21.6 Å². The zero-order valence-electron chi connectivity index (χ0n) is 15.1. The molecule has 0 atom stereocenters. The van der Waals surface area contributed by atoms with Gasteiger partial charge in [-0.05, 0) is 30.2 Å². The van der Waals surface area contributed by atoms with Crippen LogP contribution < -0.4 is 0 Å². The van der Waals surface area contributed by atoms with Gasteiger partial charge in [0.25, 0.3) is 5.69 Å². The predicted octanol–water partition coefficient (Wildman–Crippen LogP) is 4.32.